The van der Waals surface area contributed by atoms with Gasteiger partial charge in [0.05, 0.1) is 25.2 Å². The fourth-order valence-electron chi connectivity index (χ4n) is 3.73. The molecule has 1 aromatic carbocycles. The Bertz CT molecular complexity index is 1100. The maximum atomic E-state index is 12.6. The predicted molar refractivity (Wildman–Crippen MR) is 132 cm³/mol. The molecule has 0 unspecified atom stereocenters. The molecule has 2 amide bonds. The number of carbonyl (C=O) groups excluding carboxylic acids is 1. The lowest BCUT2D eigenvalue weighted by Crippen LogP contribution is -2.33. The van der Waals surface area contributed by atoms with Crippen molar-refractivity contribution >= 4 is 17.5 Å². The Morgan fingerprint density at radius 2 is 2.03 bits per heavy atom. The molecule has 11 heteroatoms. The highest BCUT2D eigenvalue weighted by molar-refractivity contribution is 6.00. The number of hydrogen-bond acceptors (Lipinski definition) is 9. The van der Waals surface area contributed by atoms with Crippen LogP contribution in [-0.4, -0.2) is 67.1 Å². The Hall–Kier alpha value is -3.88. The van der Waals surface area contributed by atoms with Gasteiger partial charge in [0.1, 0.15) is 30.8 Å². The summed E-state index contributed by atoms with van der Waals surface area (Å²) >= 11 is 0. The molecule has 11 nitrogen and oxygen atoms in total. The Kier molecular flexibility index (Phi) is 9.30. The van der Waals surface area contributed by atoms with Crippen LogP contribution in [-0.2, 0) is 4.74 Å². The quantitative estimate of drug-likeness (QED) is 0.438. The fourth-order valence-corrected chi connectivity index (χ4v) is 3.73. The van der Waals surface area contributed by atoms with Crippen LogP contribution in [0.2, 0.25) is 0 Å². The van der Waals surface area contributed by atoms with E-state index in [1.165, 1.54) is 6.20 Å². The highest BCUT2D eigenvalue weighted by Crippen LogP contribution is 2.30. The Morgan fingerprint density at radius 1 is 1.14 bits per heavy atom. The zero-order chi connectivity index (χ0) is 25.0. The maximum Gasteiger partial charge on any atom is 0.325 e. The zero-order valence-corrected chi connectivity index (χ0v) is 20.1. The molecule has 36 heavy (non-hydrogen) atoms. The van der Waals surface area contributed by atoms with E-state index in [2.05, 4.69) is 25.5 Å². The lowest BCUT2D eigenvalue weighted by atomic mass is 10.2. The number of amides is 2. The monoisotopic (exact) mass is 494 g/mol. The molecule has 190 valence electrons. The number of hydrogen-bond donors (Lipinski definition) is 2. The lowest BCUT2D eigenvalue weighted by Gasteiger charge is -2.26. The number of aromatic nitrogens is 2. The van der Waals surface area contributed by atoms with E-state index in [0.29, 0.717) is 23.8 Å². The Morgan fingerprint density at radius 3 is 2.86 bits per heavy atom. The van der Waals surface area contributed by atoms with Crippen LogP contribution in [0.3, 0.4) is 0 Å². The van der Waals surface area contributed by atoms with E-state index >= 15 is 0 Å². The second-order valence-electron chi connectivity index (χ2n) is 8.27. The molecule has 0 spiro atoms. The van der Waals surface area contributed by atoms with Crippen molar-refractivity contribution in [3.05, 3.63) is 42.2 Å². The number of benzene rings is 1. The lowest BCUT2D eigenvalue weighted by molar-refractivity contribution is -0.0139. The molecule has 3 heterocycles. The van der Waals surface area contributed by atoms with Crippen molar-refractivity contribution in [2.24, 2.45) is 0 Å². The third-order valence-corrected chi connectivity index (χ3v) is 5.53. The largest absolute Gasteiger partial charge is 0.494 e. The minimum Gasteiger partial charge on any atom is -0.494 e. The van der Waals surface area contributed by atoms with E-state index in [1.54, 1.807) is 24.3 Å². The average molecular weight is 495 g/mol. The number of urea groups is 1. The van der Waals surface area contributed by atoms with Gasteiger partial charge in [0, 0.05) is 25.8 Å². The average Bonchev–Trinajstić information content (AvgIpc) is 2.89. The molecule has 0 atom stereocenters. The number of unbranched alkanes of at least 4 members (excludes halogenated alkanes) is 2. The number of nitriles is 1. The molecule has 2 N–H and O–H groups in total. The number of carbonyl (C=O) groups is 1. The summed E-state index contributed by atoms with van der Waals surface area (Å²) in [5.74, 6) is 1.31. The van der Waals surface area contributed by atoms with Crippen LogP contribution in [0.15, 0.2) is 36.5 Å². The molecule has 1 saturated heterocycles. The molecule has 1 fully saturated rings. The van der Waals surface area contributed by atoms with Gasteiger partial charge >= 0.3 is 6.03 Å². The van der Waals surface area contributed by atoms with Crippen molar-refractivity contribution in [1.29, 1.82) is 5.26 Å². The number of anilines is 2. The summed E-state index contributed by atoms with van der Waals surface area (Å²) < 4.78 is 22.7. The van der Waals surface area contributed by atoms with Gasteiger partial charge in [-0.25, -0.2) is 9.78 Å². The summed E-state index contributed by atoms with van der Waals surface area (Å²) in [6.45, 7) is 4.76. The Balaban J connectivity index is 1.34. The molecular formula is C25H30N6O5. The van der Waals surface area contributed by atoms with Crippen molar-refractivity contribution in [2.45, 2.75) is 25.7 Å². The number of nitrogens with zero attached hydrogens (tertiary/aromatic N) is 4. The van der Waals surface area contributed by atoms with Crippen molar-refractivity contribution < 1.29 is 23.7 Å². The number of ether oxygens (including phenoxy) is 4. The number of fused-ring (bicyclic) bond motifs is 3. The van der Waals surface area contributed by atoms with Gasteiger partial charge in [-0.1, -0.05) is 0 Å². The van der Waals surface area contributed by atoms with E-state index in [1.807, 2.05) is 12.1 Å². The van der Waals surface area contributed by atoms with Gasteiger partial charge in [0.2, 0.25) is 5.69 Å². The van der Waals surface area contributed by atoms with E-state index < -0.39 is 6.03 Å². The van der Waals surface area contributed by atoms with Crippen molar-refractivity contribution in [1.82, 2.24) is 14.9 Å². The summed E-state index contributed by atoms with van der Waals surface area (Å²) in [6.07, 6.45) is 9.02. The van der Waals surface area contributed by atoms with Gasteiger partial charge in [0.15, 0.2) is 5.82 Å². The minimum absolute atomic E-state index is 0.0327. The van der Waals surface area contributed by atoms with Gasteiger partial charge in [-0.15, -0.1) is 0 Å². The van der Waals surface area contributed by atoms with Crippen molar-refractivity contribution in [3.8, 4) is 23.4 Å². The SMILES string of the molecule is N#Cc1ncc2nc1OC/C=C/COc1ccc(OCCCCCN3CCCOC3)cc1NC(=O)N2. The molecule has 0 saturated carbocycles. The smallest absolute Gasteiger partial charge is 0.325 e. The van der Waals surface area contributed by atoms with E-state index in [0.717, 1.165) is 52.1 Å². The normalized spacial score (nSPS) is 17.1. The van der Waals surface area contributed by atoms with Crippen LogP contribution in [0.25, 0.3) is 0 Å². The van der Waals surface area contributed by atoms with Gasteiger partial charge < -0.3 is 24.3 Å². The van der Waals surface area contributed by atoms with Crippen LogP contribution in [0.5, 0.6) is 17.4 Å². The maximum absolute atomic E-state index is 12.6. The first-order valence-corrected chi connectivity index (χ1v) is 12.0. The molecule has 0 aliphatic carbocycles. The second-order valence-corrected chi connectivity index (χ2v) is 8.27. The van der Waals surface area contributed by atoms with Gasteiger partial charge in [-0.2, -0.15) is 10.2 Å². The highest BCUT2D eigenvalue weighted by atomic mass is 16.5. The summed E-state index contributed by atoms with van der Waals surface area (Å²) in [5, 5.41) is 14.6. The molecule has 0 radical (unpaired) electrons. The van der Waals surface area contributed by atoms with Crippen molar-refractivity contribution in [2.75, 3.05) is 56.9 Å². The number of nitrogens with one attached hydrogen (secondary N) is 2. The van der Waals surface area contributed by atoms with Crippen molar-refractivity contribution in [3.63, 3.8) is 0 Å². The van der Waals surface area contributed by atoms with Crippen LogP contribution in [0.1, 0.15) is 31.4 Å². The summed E-state index contributed by atoms with van der Waals surface area (Å²) in [6, 6.07) is 6.68. The first kappa shape index (κ1) is 25.2. The highest BCUT2D eigenvalue weighted by Gasteiger charge is 2.14. The summed E-state index contributed by atoms with van der Waals surface area (Å²) in [7, 11) is 0. The van der Waals surface area contributed by atoms with Gasteiger partial charge in [-0.3, -0.25) is 10.2 Å². The molecule has 1 aromatic heterocycles. The number of rotatable bonds is 7. The van der Waals surface area contributed by atoms with Crippen LogP contribution in [0.4, 0.5) is 16.3 Å². The second kappa shape index (κ2) is 13.3. The van der Waals surface area contributed by atoms with Crippen LogP contribution in [0, 0.1) is 11.3 Å². The molecule has 2 aliphatic rings. The summed E-state index contributed by atoms with van der Waals surface area (Å²) in [4.78, 5) is 23.1. The minimum atomic E-state index is -0.545. The van der Waals surface area contributed by atoms with Crippen LogP contribution < -0.4 is 24.8 Å². The molecule has 2 aliphatic heterocycles. The van der Waals surface area contributed by atoms with E-state index in [4.69, 9.17) is 18.9 Å². The first-order chi connectivity index (χ1) is 17.7. The van der Waals surface area contributed by atoms with Crippen LogP contribution >= 0.6 is 0 Å². The molecule has 2 bridgehead atoms. The topological polar surface area (TPSA) is 131 Å². The third-order valence-electron chi connectivity index (χ3n) is 5.53. The molecule has 4 rings (SSSR count). The predicted octanol–water partition coefficient (Wildman–Crippen LogP) is 3.55. The zero-order valence-electron chi connectivity index (χ0n) is 20.1. The standard InChI is InChI=1S/C25H30N6O5/c26-16-21-24-29-23(17-27-21)30-25(32)28-20-15-19(7-8-22(20)35-13-4-5-14-36-24)34-12-3-1-2-9-31-10-6-11-33-18-31/h4-5,7-8,15,17H,1-3,6,9-14,18H2,(H2,28,29,30,32)/b5-4+. The fraction of sp³-hybridized carbons (Fsp3) is 0.440. The Labute approximate surface area is 210 Å². The molecular weight excluding hydrogens is 464 g/mol. The van der Waals surface area contributed by atoms with E-state index in [9.17, 15) is 10.1 Å². The van der Waals surface area contributed by atoms with E-state index in [-0.39, 0.29) is 30.6 Å². The summed E-state index contributed by atoms with van der Waals surface area (Å²) in [5.41, 5.74) is 0.490. The first-order valence-electron chi connectivity index (χ1n) is 12.0. The van der Waals surface area contributed by atoms with Gasteiger partial charge in [0.25, 0.3) is 5.88 Å². The van der Waals surface area contributed by atoms with Gasteiger partial charge in [-0.05, 0) is 50.0 Å². The third kappa shape index (κ3) is 7.56. The molecule has 2 aromatic rings.